The van der Waals surface area contributed by atoms with E-state index in [1.54, 1.807) is 0 Å². The van der Waals surface area contributed by atoms with Crippen molar-refractivity contribution in [1.29, 1.82) is 0 Å². The molecule has 0 fully saturated rings. The predicted molar refractivity (Wildman–Crippen MR) is 155 cm³/mol. The molecule has 1 atom stereocenters. The maximum Gasteiger partial charge on any atom is 0.0917 e. The average Bonchev–Trinajstić information content (AvgIpc) is 2.87. The van der Waals surface area contributed by atoms with E-state index in [-0.39, 0.29) is 0 Å². The molecule has 0 spiro atoms. The van der Waals surface area contributed by atoms with Crippen LogP contribution >= 0.6 is 11.6 Å². The Morgan fingerprint density at radius 1 is 0.657 bits per heavy atom. The van der Waals surface area contributed by atoms with Crippen LogP contribution in [0.1, 0.15) is 103 Å². The molecule has 3 aromatic carbocycles. The number of benzene rings is 3. The van der Waals surface area contributed by atoms with Gasteiger partial charge in [-0.05, 0) is 71.2 Å². The summed E-state index contributed by atoms with van der Waals surface area (Å²) in [7, 11) is 0. The topological polar surface area (TPSA) is 23.5 Å². The van der Waals surface area contributed by atoms with E-state index in [4.69, 9.17) is 11.6 Å². The Morgan fingerprint density at radius 3 is 1.74 bits per heavy atom. The fourth-order valence-corrected chi connectivity index (χ4v) is 5.29. The lowest BCUT2D eigenvalue weighted by Gasteiger charge is -2.25. The third-order valence-electron chi connectivity index (χ3n) is 7.30. The third kappa shape index (κ3) is 9.08. The molecule has 0 amide bonds. The molecule has 0 bridgehead atoms. The molecule has 1 unspecified atom stereocenters. The first-order valence-electron chi connectivity index (χ1n) is 14.1. The molecule has 3 aromatic rings. The molecule has 0 aliphatic rings. The summed E-state index contributed by atoms with van der Waals surface area (Å²) in [5, 5.41) is 16.7. The SMILES string of the molecule is CCCCCCCCN(CCCCCCCC)CC(O)c1ccc2ccc3ccc(Cl)cc3c2c1. The zero-order valence-electron chi connectivity index (χ0n) is 22.1. The van der Waals surface area contributed by atoms with Gasteiger partial charge in [0.2, 0.25) is 0 Å². The van der Waals surface area contributed by atoms with Gasteiger partial charge in [0.05, 0.1) is 6.10 Å². The van der Waals surface area contributed by atoms with Crippen LogP contribution in [-0.4, -0.2) is 29.6 Å². The van der Waals surface area contributed by atoms with E-state index >= 15 is 0 Å². The van der Waals surface area contributed by atoms with Crippen LogP contribution in [0, 0.1) is 0 Å². The molecule has 0 aliphatic heterocycles. The average molecular weight is 496 g/mol. The van der Waals surface area contributed by atoms with Crippen molar-refractivity contribution in [2.45, 2.75) is 97.0 Å². The summed E-state index contributed by atoms with van der Waals surface area (Å²) < 4.78 is 0. The van der Waals surface area contributed by atoms with Gasteiger partial charge in [0, 0.05) is 11.6 Å². The smallest absolute Gasteiger partial charge is 0.0917 e. The van der Waals surface area contributed by atoms with E-state index in [0.717, 1.165) is 29.1 Å². The summed E-state index contributed by atoms with van der Waals surface area (Å²) in [5.74, 6) is 0. The molecule has 3 heteroatoms. The Balaban J connectivity index is 1.65. The second kappa shape index (κ2) is 15.5. The Kier molecular flexibility index (Phi) is 12.4. The van der Waals surface area contributed by atoms with Crippen LogP contribution in [0.4, 0.5) is 0 Å². The predicted octanol–water partition coefficient (Wildman–Crippen LogP) is 9.70. The number of unbranched alkanes of at least 4 members (excludes halogenated alkanes) is 10. The molecule has 192 valence electrons. The normalized spacial score (nSPS) is 12.7. The van der Waals surface area contributed by atoms with E-state index in [0.29, 0.717) is 6.54 Å². The van der Waals surface area contributed by atoms with Crippen molar-refractivity contribution in [2.75, 3.05) is 19.6 Å². The summed E-state index contributed by atoms with van der Waals surface area (Å²) >= 11 is 6.31. The minimum Gasteiger partial charge on any atom is -0.387 e. The van der Waals surface area contributed by atoms with Crippen LogP contribution in [-0.2, 0) is 0 Å². The quantitative estimate of drug-likeness (QED) is 0.149. The standard InChI is InChI=1S/C32H46ClNO/c1-3-5-7-9-11-13-21-34(22-14-12-10-8-6-4-2)25-32(35)28-18-17-26-15-16-27-19-20-29(33)24-31(27)30(26)23-28/h15-20,23-24,32,35H,3-14,21-22,25H2,1-2H3. The third-order valence-corrected chi connectivity index (χ3v) is 7.53. The number of halogens is 1. The number of rotatable bonds is 17. The number of nitrogens with zero attached hydrogens (tertiary/aromatic N) is 1. The van der Waals surface area contributed by atoms with Crippen molar-refractivity contribution in [1.82, 2.24) is 4.90 Å². The number of hydrogen-bond donors (Lipinski definition) is 1. The molecule has 0 aromatic heterocycles. The highest BCUT2D eigenvalue weighted by atomic mass is 35.5. The van der Waals surface area contributed by atoms with Crippen LogP contribution in [0.3, 0.4) is 0 Å². The second-order valence-corrected chi connectivity index (χ2v) is 10.7. The molecule has 35 heavy (non-hydrogen) atoms. The molecular formula is C32H46ClNO. The van der Waals surface area contributed by atoms with Crippen molar-refractivity contribution in [3.8, 4) is 0 Å². The van der Waals surface area contributed by atoms with Gasteiger partial charge >= 0.3 is 0 Å². The maximum atomic E-state index is 11.3. The van der Waals surface area contributed by atoms with Gasteiger partial charge in [-0.15, -0.1) is 0 Å². The molecule has 0 aliphatic carbocycles. The molecule has 0 saturated carbocycles. The number of fused-ring (bicyclic) bond motifs is 3. The first kappa shape index (κ1) is 28.0. The van der Waals surface area contributed by atoms with Gasteiger partial charge in [-0.2, -0.15) is 0 Å². The highest BCUT2D eigenvalue weighted by Crippen LogP contribution is 2.30. The lowest BCUT2D eigenvalue weighted by molar-refractivity contribution is 0.110. The Morgan fingerprint density at radius 2 is 1.14 bits per heavy atom. The number of hydrogen-bond acceptors (Lipinski definition) is 2. The minimum absolute atomic E-state index is 0.478. The van der Waals surface area contributed by atoms with E-state index < -0.39 is 6.10 Å². The molecule has 0 radical (unpaired) electrons. The largest absolute Gasteiger partial charge is 0.387 e. The van der Waals surface area contributed by atoms with Gasteiger partial charge in [0.25, 0.3) is 0 Å². The minimum atomic E-state index is -0.478. The fourth-order valence-electron chi connectivity index (χ4n) is 5.12. The van der Waals surface area contributed by atoms with Crippen LogP contribution < -0.4 is 0 Å². The highest BCUT2D eigenvalue weighted by molar-refractivity contribution is 6.31. The van der Waals surface area contributed by atoms with Gasteiger partial charge in [-0.1, -0.05) is 120 Å². The Labute approximate surface area is 218 Å². The Bertz CT molecular complexity index is 1000. The monoisotopic (exact) mass is 495 g/mol. The lowest BCUT2D eigenvalue weighted by Crippen LogP contribution is -2.31. The van der Waals surface area contributed by atoms with Crippen molar-refractivity contribution < 1.29 is 5.11 Å². The number of aliphatic hydroxyl groups is 1. The van der Waals surface area contributed by atoms with Crippen molar-refractivity contribution in [3.05, 3.63) is 59.1 Å². The van der Waals surface area contributed by atoms with Gasteiger partial charge < -0.3 is 10.0 Å². The molecule has 0 saturated heterocycles. The van der Waals surface area contributed by atoms with Crippen molar-refractivity contribution in [3.63, 3.8) is 0 Å². The van der Waals surface area contributed by atoms with Gasteiger partial charge in [0.1, 0.15) is 0 Å². The number of aliphatic hydroxyl groups excluding tert-OH is 1. The van der Waals surface area contributed by atoms with Crippen LogP contribution in [0.2, 0.25) is 5.02 Å². The molecule has 2 nitrogen and oxygen atoms in total. The van der Waals surface area contributed by atoms with E-state index in [1.165, 1.54) is 93.2 Å². The highest BCUT2D eigenvalue weighted by Gasteiger charge is 2.15. The van der Waals surface area contributed by atoms with Gasteiger partial charge in [0.15, 0.2) is 0 Å². The maximum absolute atomic E-state index is 11.3. The molecule has 1 N–H and O–H groups in total. The molecular weight excluding hydrogens is 450 g/mol. The van der Waals surface area contributed by atoms with Gasteiger partial charge in [-0.25, -0.2) is 0 Å². The summed E-state index contributed by atoms with van der Waals surface area (Å²) in [6.45, 7) is 7.43. The van der Waals surface area contributed by atoms with Crippen molar-refractivity contribution >= 4 is 33.1 Å². The van der Waals surface area contributed by atoms with Crippen LogP contribution in [0.25, 0.3) is 21.5 Å². The molecule has 3 rings (SSSR count). The fraction of sp³-hybridized carbons (Fsp3) is 0.562. The van der Waals surface area contributed by atoms with Crippen LogP contribution in [0.15, 0.2) is 48.5 Å². The first-order chi connectivity index (χ1) is 17.1. The first-order valence-corrected chi connectivity index (χ1v) is 14.5. The lowest BCUT2D eigenvalue weighted by atomic mass is 9.98. The Hall–Kier alpha value is -1.61. The summed E-state index contributed by atoms with van der Waals surface area (Å²) in [5.41, 5.74) is 1.00. The van der Waals surface area contributed by atoms with Crippen LogP contribution in [0.5, 0.6) is 0 Å². The van der Waals surface area contributed by atoms with E-state index in [2.05, 4.69) is 55.1 Å². The zero-order chi connectivity index (χ0) is 24.9. The second-order valence-electron chi connectivity index (χ2n) is 10.3. The summed E-state index contributed by atoms with van der Waals surface area (Å²) in [6.07, 6.45) is 15.2. The van der Waals surface area contributed by atoms with E-state index in [9.17, 15) is 5.11 Å². The summed E-state index contributed by atoms with van der Waals surface area (Å²) in [4.78, 5) is 2.51. The van der Waals surface area contributed by atoms with Crippen molar-refractivity contribution in [2.24, 2.45) is 0 Å². The van der Waals surface area contributed by atoms with E-state index in [1.807, 2.05) is 12.1 Å². The molecule has 0 heterocycles. The van der Waals surface area contributed by atoms with Gasteiger partial charge in [-0.3, -0.25) is 0 Å². The summed E-state index contributed by atoms with van der Waals surface area (Å²) in [6, 6.07) is 16.8. The zero-order valence-corrected chi connectivity index (χ0v) is 22.8.